The molecule has 62 valence electrons. The molecule has 1 N–H and O–H groups in total. The third-order valence-electron chi connectivity index (χ3n) is 0.979. The standard InChI is InChI=1S/C7H16O3/c1-3-5-10-7(8)6-9-4-2/h7-8H,3-6H2,1-2H3. The van der Waals surface area contributed by atoms with E-state index in [9.17, 15) is 0 Å². The van der Waals surface area contributed by atoms with Gasteiger partial charge in [0.25, 0.3) is 0 Å². The van der Waals surface area contributed by atoms with Gasteiger partial charge in [0.15, 0.2) is 6.29 Å². The lowest BCUT2D eigenvalue weighted by Crippen LogP contribution is -2.19. The second-order valence-corrected chi connectivity index (χ2v) is 1.98. The maximum absolute atomic E-state index is 8.96. The van der Waals surface area contributed by atoms with Crippen LogP contribution in [0.15, 0.2) is 0 Å². The average Bonchev–Trinajstić information content (AvgIpc) is 1.97. The molecule has 0 aromatic carbocycles. The SMILES string of the molecule is CCCOC(O)COCC. The highest BCUT2D eigenvalue weighted by atomic mass is 16.6. The smallest absolute Gasteiger partial charge is 0.178 e. The van der Waals surface area contributed by atoms with Crippen molar-refractivity contribution >= 4 is 0 Å². The summed E-state index contributed by atoms with van der Waals surface area (Å²) in [4.78, 5) is 0. The van der Waals surface area contributed by atoms with Gasteiger partial charge < -0.3 is 14.6 Å². The number of rotatable bonds is 6. The van der Waals surface area contributed by atoms with Crippen molar-refractivity contribution in [1.82, 2.24) is 0 Å². The fourth-order valence-electron chi connectivity index (χ4n) is 0.521. The molecule has 0 spiro atoms. The van der Waals surface area contributed by atoms with Crippen molar-refractivity contribution in [2.45, 2.75) is 26.6 Å². The third kappa shape index (κ3) is 6.01. The second-order valence-electron chi connectivity index (χ2n) is 1.98. The summed E-state index contributed by atoms with van der Waals surface area (Å²) < 4.78 is 9.84. The van der Waals surface area contributed by atoms with Gasteiger partial charge in [0.1, 0.15) is 0 Å². The van der Waals surface area contributed by atoms with Gasteiger partial charge in [-0.25, -0.2) is 0 Å². The minimum Gasteiger partial charge on any atom is -0.376 e. The van der Waals surface area contributed by atoms with E-state index < -0.39 is 6.29 Å². The molecule has 3 heteroatoms. The normalized spacial score (nSPS) is 13.5. The maximum atomic E-state index is 8.96. The van der Waals surface area contributed by atoms with Crippen molar-refractivity contribution in [2.75, 3.05) is 19.8 Å². The van der Waals surface area contributed by atoms with Gasteiger partial charge >= 0.3 is 0 Å². The molecule has 0 rings (SSSR count). The summed E-state index contributed by atoms with van der Waals surface area (Å²) in [5.74, 6) is 0. The highest BCUT2D eigenvalue weighted by Crippen LogP contribution is 1.89. The first-order chi connectivity index (χ1) is 4.81. The first kappa shape index (κ1) is 9.88. The number of aliphatic hydroxyl groups is 1. The minimum atomic E-state index is -0.750. The first-order valence-corrected chi connectivity index (χ1v) is 3.68. The molecule has 0 aliphatic heterocycles. The largest absolute Gasteiger partial charge is 0.376 e. The molecule has 0 fully saturated rings. The van der Waals surface area contributed by atoms with Gasteiger partial charge in [-0.2, -0.15) is 0 Å². The summed E-state index contributed by atoms with van der Waals surface area (Å²) in [5.41, 5.74) is 0. The summed E-state index contributed by atoms with van der Waals surface area (Å²) >= 11 is 0. The van der Waals surface area contributed by atoms with Crippen LogP contribution in [0.4, 0.5) is 0 Å². The maximum Gasteiger partial charge on any atom is 0.178 e. The van der Waals surface area contributed by atoms with Gasteiger partial charge in [-0.1, -0.05) is 6.92 Å². The van der Waals surface area contributed by atoms with E-state index in [1.807, 2.05) is 13.8 Å². The second kappa shape index (κ2) is 6.99. The van der Waals surface area contributed by atoms with E-state index in [1.54, 1.807) is 0 Å². The molecule has 0 bridgehead atoms. The molecule has 1 atom stereocenters. The van der Waals surface area contributed by atoms with E-state index >= 15 is 0 Å². The van der Waals surface area contributed by atoms with Crippen LogP contribution in [0, 0.1) is 0 Å². The van der Waals surface area contributed by atoms with Gasteiger partial charge in [0.2, 0.25) is 0 Å². The van der Waals surface area contributed by atoms with Crippen molar-refractivity contribution in [2.24, 2.45) is 0 Å². The number of hydrogen-bond donors (Lipinski definition) is 1. The quantitative estimate of drug-likeness (QED) is 0.565. The van der Waals surface area contributed by atoms with Crippen LogP contribution in [0.25, 0.3) is 0 Å². The van der Waals surface area contributed by atoms with E-state index in [1.165, 1.54) is 0 Å². The lowest BCUT2D eigenvalue weighted by atomic mass is 10.5. The van der Waals surface area contributed by atoms with Crippen LogP contribution in [0.3, 0.4) is 0 Å². The Labute approximate surface area is 62.0 Å². The zero-order chi connectivity index (χ0) is 7.82. The Bertz CT molecular complexity index is 57.9. The molecule has 0 amide bonds. The lowest BCUT2D eigenvalue weighted by molar-refractivity contribution is -0.136. The number of hydrogen-bond acceptors (Lipinski definition) is 3. The molecule has 0 aliphatic carbocycles. The monoisotopic (exact) mass is 148 g/mol. The Kier molecular flexibility index (Phi) is 6.91. The molecule has 0 saturated heterocycles. The Morgan fingerprint density at radius 1 is 1.40 bits per heavy atom. The minimum absolute atomic E-state index is 0.274. The zero-order valence-corrected chi connectivity index (χ0v) is 6.67. The fourth-order valence-corrected chi connectivity index (χ4v) is 0.521. The van der Waals surface area contributed by atoms with Crippen molar-refractivity contribution in [3.63, 3.8) is 0 Å². The Morgan fingerprint density at radius 3 is 2.60 bits per heavy atom. The van der Waals surface area contributed by atoms with E-state index in [0.717, 1.165) is 6.42 Å². The van der Waals surface area contributed by atoms with Crippen molar-refractivity contribution in [1.29, 1.82) is 0 Å². The first-order valence-electron chi connectivity index (χ1n) is 3.68. The van der Waals surface area contributed by atoms with Crippen molar-refractivity contribution < 1.29 is 14.6 Å². The van der Waals surface area contributed by atoms with E-state index in [-0.39, 0.29) is 6.61 Å². The summed E-state index contributed by atoms with van der Waals surface area (Å²) in [6, 6.07) is 0. The summed E-state index contributed by atoms with van der Waals surface area (Å²) in [5, 5.41) is 8.96. The van der Waals surface area contributed by atoms with Gasteiger partial charge in [-0.3, -0.25) is 0 Å². The van der Waals surface area contributed by atoms with Crippen molar-refractivity contribution in [3.05, 3.63) is 0 Å². The average molecular weight is 148 g/mol. The Morgan fingerprint density at radius 2 is 2.10 bits per heavy atom. The molecule has 0 saturated carbocycles. The number of ether oxygens (including phenoxy) is 2. The topological polar surface area (TPSA) is 38.7 Å². The predicted molar refractivity (Wildman–Crippen MR) is 38.7 cm³/mol. The molecule has 0 heterocycles. The van der Waals surface area contributed by atoms with Crippen molar-refractivity contribution in [3.8, 4) is 0 Å². The van der Waals surface area contributed by atoms with Crippen LogP contribution >= 0.6 is 0 Å². The molecule has 10 heavy (non-hydrogen) atoms. The van der Waals surface area contributed by atoms with Crippen LogP contribution in [0.1, 0.15) is 20.3 Å². The van der Waals surface area contributed by atoms with Gasteiger partial charge in [-0.15, -0.1) is 0 Å². The van der Waals surface area contributed by atoms with E-state index in [0.29, 0.717) is 13.2 Å². The molecule has 1 unspecified atom stereocenters. The van der Waals surface area contributed by atoms with Crippen LogP contribution < -0.4 is 0 Å². The molecule has 0 aliphatic rings. The summed E-state index contributed by atoms with van der Waals surface area (Å²) in [6.07, 6.45) is 0.170. The lowest BCUT2D eigenvalue weighted by Gasteiger charge is -2.09. The van der Waals surface area contributed by atoms with E-state index in [4.69, 9.17) is 14.6 Å². The molecule has 0 aromatic heterocycles. The zero-order valence-electron chi connectivity index (χ0n) is 6.67. The van der Waals surface area contributed by atoms with Gasteiger partial charge in [-0.05, 0) is 13.3 Å². The van der Waals surface area contributed by atoms with Crippen LogP contribution in [0.2, 0.25) is 0 Å². The van der Waals surface area contributed by atoms with E-state index in [2.05, 4.69) is 0 Å². The van der Waals surface area contributed by atoms with Gasteiger partial charge in [0.05, 0.1) is 6.61 Å². The Hall–Kier alpha value is -0.120. The van der Waals surface area contributed by atoms with Crippen LogP contribution in [-0.2, 0) is 9.47 Å². The number of aliphatic hydroxyl groups excluding tert-OH is 1. The third-order valence-corrected chi connectivity index (χ3v) is 0.979. The molecule has 0 radical (unpaired) electrons. The predicted octanol–water partition coefficient (Wildman–Crippen LogP) is 0.768. The molecular weight excluding hydrogens is 132 g/mol. The molecule has 3 nitrogen and oxygen atoms in total. The molecular formula is C7H16O3. The van der Waals surface area contributed by atoms with Gasteiger partial charge in [0, 0.05) is 13.2 Å². The molecule has 0 aromatic rings. The van der Waals surface area contributed by atoms with Crippen LogP contribution in [0.5, 0.6) is 0 Å². The summed E-state index contributed by atoms with van der Waals surface area (Å²) in [7, 11) is 0. The highest BCUT2D eigenvalue weighted by Gasteiger charge is 2.00. The Balaban J connectivity index is 3.00. The highest BCUT2D eigenvalue weighted by molar-refractivity contribution is 4.36. The fraction of sp³-hybridized carbons (Fsp3) is 1.00. The van der Waals surface area contributed by atoms with Crippen LogP contribution in [-0.4, -0.2) is 31.2 Å². The summed E-state index contributed by atoms with van der Waals surface area (Å²) in [6.45, 7) is 5.36.